The Morgan fingerprint density at radius 3 is 2.23 bits per heavy atom. The Hall–Kier alpha value is -1.91. The average Bonchev–Trinajstić information content (AvgIpc) is 3.58. The number of hydrogen-bond donors (Lipinski definition) is 3. The minimum atomic E-state index is -0.171. The number of imidazole rings is 1. The van der Waals surface area contributed by atoms with Crippen LogP contribution in [0.5, 0.6) is 0 Å². The van der Waals surface area contributed by atoms with Crippen molar-refractivity contribution in [2.75, 3.05) is 23.8 Å². The monoisotopic (exact) mass is 614 g/mol. The van der Waals surface area contributed by atoms with Gasteiger partial charge in [0.15, 0.2) is 17.0 Å². The molecule has 0 unspecified atom stereocenters. The standard InChI is InChI=1S/C28H39FN8.3ClH/c29-21-7-5-19(6-8-21)17-20-13-15-36(16-14-20)35-26-25-27(37(18-31-25)24-3-1-2-4-24)34-28(33-26)32-23-11-9-22(30)10-12-23;;;/h5-8,18,20,22-24H,1-4,9-17,30H2,(H2,32,33,34,35);3*1H/t22-,23-;;;. The molecule has 3 fully saturated rings. The van der Waals surface area contributed by atoms with Gasteiger partial charge in [-0.3, -0.25) is 0 Å². The number of fused-ring (bicyclic) bond motifs is 1. The van der Waals surface area contributed by atoms with Gasteiger partial charge < -0.3 is 21.0 Å². The van der Waals surface area contributed by atoms with Crippen LogP contribution in [0.1, 0.15) is 75.8 Å². The summed E-state index contributed by atoms with van der Waals surface area (Å²) >= 11 is 0. The summed E-state index contributed by atoms with van der Waals surface area (Å²) in [5.74, 6) is 1.90. The molecule has 3 aromatic rings. The van der Waals surface area contributed by atoms with E-state index in [2.05, 4.69) is 20.3 Å². The van der Waals surface area contributed by atoms with E-state index in [-0.39, 0.29) is 43.0 Å². The van der Waals surface area contributed by atoms with Crippen LogP contribution < -0.4 is 16.5 Å². The number of anilines is 2. The molecule has 2 saturated carbocycles. The maximum absolute atomic E-state index is 13.3. The van der Waals surface area contributed by atoms with Gasteiger partial charge in [0.25, 0.3) is 0 Å². The van der Waals surface area contributed by atoms with Crippen LogP contribution in [-0.4, -0.2) is 49.7 Å². The van der Waals surface area contributed by atoms with Crippen LogP contribution in [0.3, 0.4) is 0 Å². The fourth-order valence-corrected chi connectivity index (χ4v) is 6.31. The van der Waals surface area contributed by atoms with Crippen molar-refractivity contribution in [2.24, 2.45) is 11.7 Å². The predicted octanol–water partition coefficient (Wildman–Crippen LogP) is 6.31. The molecule has 3 heterocycles. The van der Waals surface area contributed by atoms with E-state index in [1.807, 2.05) is 18.5 Å². The number of rotatable bonds is 7. The first-order chi connectivity index (χ1) is 18.1. The van der Waals surface area contributed by atoms with Crippen molar-refractivity contribution in [1.29, 1.82) is 0 Å². The second kappa shape index (κ2) is 14.8. The quantitative estimate of drug-likeness (QED) is 0.287. The van der Waals surface area contributed by atoms with E-state index in [0.29, 0.717) is 30.0 Å². The summed E-state index contributed by atoms with van der Waals surface area (Å²) in [6.45, 7) is 1.87. The summed E-state index contributed by atoms with van der Waals surface area (Å²) in [7, 11) is 0. The lowest BCUT2D eigenvalue weighted by molar-refractivity contribution is 0.216. The Morgan fingerprint density at radius 2 is 1.55 bits per heavy atom. The van der Waals surface area contributed by atoms with Crippen LogP contribution in [0, 0.1) is 11.7 Å². The number of aromatic nitrogens is 4. The lowest BCUT2D eigenvalue weighted by Crippen LogP contribution is -2.39. The third kappa shape index (κ3) is 7.68. The van der Waals surface area contributed by atoms with Gasteiger partial charge in [-0.2, -0.15) is 9.97 Å². The largest absolute Gasteiger partial charge is 0.351 e. The molecule has 1 saturated heterocycles. The first-order valence-electron chi connectivity index (χ1n) is 14.1. The highest BCUT2D eigenvalue weighted by molar-refractivity contribution is 5.86. The number of hydrogen-bond acceptors (Lipinski definition) is 7. The Kier molecular flexibility index (Phi) is 12.1. The van der Waals surface area contributed by atoms with Crippen LogP contribution in [0.4, 0.5) is 16.2 Å². The molecular weight excluding hydrogens is 574 g/mol. The van der Waals surface area contributed by atoms with Crippen LogP contribution in [-0.2, 0) is 6.42 Å². The van der Waals surface area contributed by atoms with Gasteiger partial charge in [-0.05, 0) is 81.4 Å². The fraction of sp³-hybridized carbons (Fsp3) is 0.607. The Bertz CT molecular complexity index is 1190. The van der Waals surface area contributed by atoms with E-state index in [4.69, 9.17) is 20.7 Å². The average molecular weight is 616 g/mol. The molecule has 0 bridgehead atoms. The van der Waals surface area contributed by atoms with Gasteiger partial charge in [-0.25, -0.2) is 14.4 Å². The summed E-state index contributed by atoms with van der Waals surface area (Å²) in [6, 6.07) is 8.08. The van der Waals surface area contributed by atoms with Gasteiger partial charge in [0.1, 0.15) is 5.82 Å². The predicted molar refractivity (Wildman–Crippen MR) is 166 cm³/mol. The van der Waals surface area contributed by atoms with E-state index >= 15 is 0 Å². The molecule has 0 radical (unpaired) electrons. The van der Waals surface area contributed by atoms with Gasteiger partial charge >= 0.3 is 0 Å². The van der Waals surface area contributed by atoms with Crippen molar-refractivity contribution in [3.8, 4) is 0 Å². The first-order valence-corrected chi connectivity index (χ1v) is 14.1. The molecule has 2 aromatic heterocycles. The highest BCUT2D eigenvalue weighted by Crippen LogP contribution is 2.34. The van der Waals surface area contributed by atoms with Crippen molar-refractivity contribution in [1.82, 2.24) is 24.5 Å². The minimum absolute atomic E-state index is 0. The molecular formula is C28H42Cl3FN8. The van der Waals surface area contributed by atoms with Gasteiger partial charge in [0.2, 0.25) is 5.95 Å². The minimum Gasteiger partial charge on any atom is -0.351 e. The third-order valence-corrected chi connectivity index (χ3v) is 8.56. The zero-order valence-corrected chi connectivity index (χ0v) is 25.3. The summed E-state index contributed by atoms with van der Waals surface area (Å²) in [4.78, 5) is 14.7. The molecule has 8 nitrogen and oxygen atoms in total. The summed E-state index contributed by atoms with van der Waals surface area (Å²) in [6.07, 6.45) is 14.2. The van der Waals surface area contributed by atoms with E-state index < -0.39 is 0 Å². The smallest absolute Gasteiger partial charge is 0.227 e. The van der Waals surface area contributed by atoms with E-state index in [9.17, 15) is 4.39 Å². The number of benzene rings is 1. The maximum Gasteiger partial charge on any atom is 0.227 e. The molecule has 12 heteroatoms. The molecule has 222 valence electrons. The SMILES string of the molecule is Cl.Cl.Cl.N[C@H]1CC[C@H](Nc2nc(NN3CCC(Cc4ccc(F)cc4)CC3)c3ncn(C4CCCC4)c3n2)CC1. The topological polar surface area (TPSA) is 96.9 Å². The molecule has 6 rings (SSSR count). The molecule has 1 aromatic carbocycles. The Labute approximate surface area is 254 Å². The molecule has 4 N–H and O–H groups in total. The molecule has 1 aliphatic heterocycles. The van der Waals surface area contributed by atoms with Crippen molar-refractivity contribution in [3.05, 3.63) is 42.0 Å². The van der Waals surface area contributed by atoms with E-state index in [1.165, 1.54) is 31.2 Å². The fourth-order valence-electron chi connectivity index (χ4n) is 6.31. The number of piperidine rings is 1. The normalized spacial score (nSPS) is 22.2. The van der Waals surface area contributed by atoms with Gasteiger partial charge in [-0.15, -0.1) is 37.2 Å². The van der Waals surface area contributed by atoms with Crippen molar-refractivity contribution < 1.29 is 4.39 Å². The van der Waals surface area contributed by atoms with Crippen LogP contribution in [0.2, 0.25) is 0 Å². The highest BCUT2D eigenvalue weighted by atomic mass is 35.5. The molecule has 2 aliphatic carbocycles. The first kappa shape index (κ1) is 32.6. The van der Waals surface area contributed by atoms with Crippen LogP contribution in [0.25, 0.3) is 11.2 Å². The zero-order chi connectivity index (χ0) is 25.2. The second-order valence-electron chi connectivity index (χ2n) is 11.3. The summed E-state index contributed by atoms with van der Waals surface area (Å²) in [5.41, 5.74) is 12.7. The molecule has 0 amide bonds. The van der Waals surface area contributed by atoms with Gasteiger partial charge in [0, 0.05) is 31.2 Å². The number of hydrazine groups is 1. The van der Waals surface area contributed by atoms with E-state index in [0.717, 1.165) is 75.0 Å². The molecule has 0 spiro atoms. The van der Waals surface area contributed by atoms with Gasteiger partial charge in [0.05, 0.1) is 6.33 Å². The Balaban J connectivity index is 0.00000147. The molecule has 3 aliphatic rings. The summed E-state index contributed by atoms with van der Waals surface area (Å²) in [5, 5.41) is 5.88. The van der Waals surface area contributed by atoms with Crippen LogP contribution in [0.15, 0.2) is 30.6 Å². The zero-order valence-electron chi connectivity index (χ0n) is 22.8. The lowest BCUT2D eigenvalue weighted by Gasteiger charge is -2.32. The number of nitrogens with one attached hydrogen (secondary N) is 2. The van der Waals surface area contributed by atoms with E-state index in [1.54, 1.807) is 12.1 Å². The second-order valence-corrected chi connectivity index (χ2v) is 11.3. The lowest BCUT2D eigenvalue weighted by atomic mass is 9.91. The highest BCUT2D eigenvalue weighted by Gasteiger charge is 2.26. The number of nitrogens with zero attached hydrogens (tertiary/aromatic N) is 5. The van der Waals surface area contributed by atoms with Crippen molar-refractivity contribution in [3.63, 3.8) is 0 Å². The maximum atomic E-state index is 13.3. The third-order valence-electron chi connectivity index (χ3n) is 8.56. The van der Waals surface area contributed by atoms with Crippen molar-refractivity contribution >= 4 is 60.2 Å². The molecule has 40 heavy (non-hydrogen) atoms. The Morgan fingerprint density at radius 1 is 0.875 bits per heavy atom. The van der Waals surface area contributed by atoms with Gasteiger partial charge in [-0.1, -0.05) is 25.0 Å². The molecule has 0 atom stereocenters. The number of nitrogens with two attached hydrogens (primary N) is 1. The van der Waals surface area contributed by atoms with Crippen molar-refractivity contribution in [2.45, 2.75) is 88.8 Å². The summed E-state index contributed by atoms with van der Waals surface area (Å²) < 4.78 is 15.5. The van der Waals surface area contributed by atoms with Crippen LogP contribution >= 0.6 is 37.2 Å². The number of halogens is 4.